The van der Waals surface area contributed by atoms with Gasteiger partial charge in [0.05, 0.1) is 17.4 Å². The quantitative estimate of drug-likeness (QED) is 0.625. The summed E-state index contributed by atoms with van der Waals surface area (Å²) >= 11 is 0. The predicted octanol–water partition coefficient (Wildman–Crippen LogP) is 2.40. The largest absolute Gasteiger partial charge is 0.416 e. The van der Waals surface area contributed by atoms with E-state index in [4.69, 9.17) is 0 Å². The number of allylic oxidation sites excluding steroid dienone is 2. The van der Waals surface area contributed by atoms with Crippen LogP contribution in [-0.4, -0.2) is 22.7 Å². The van der Waals surface area contributed by atoms with Crippen LogP contribution in [0.5, 0.6) is 0 Å². The molecule has 1 aromatic carbocycles. The average Bonchev–Trinajstić information content (AvgIpc) is 3.51. The number of nitrogens with zero attached hydrogens (tertiary/aromatic N) is 1. The van der Waals surface area contributed by atoms with Crippen LogP contribution < -0.4 is 5.43 Å². The summed E-state index contributed by atoms with van der Waals surface area (Å²) < 4.78 is 38.0. The molecule has 7 atom stereocenters. The lowest BCUT2D eigenvalue weighted by Crippen LogP contribution is -2.46. The van der Waals surface area contributed by atoms with Gasteiger partial charge in [0, 0.05) is 5.56 Å². The Morgan fingerprint density at radius 1 is 1.07 bits per heavy atom. The molecule has 144 valence electrons. The molecule has 1 aliphatic heterocycles. The molecule has 1 aromatic rings. The smallest absolute Gasteiger partial charge is 0.272 e. The van der Waals surface area contributed by atoms with E-state index in [0.29, 0.717) is 11.8 Å². The van der Waals surface area contributed by atoms with E-state index < -0.39 is 41.3 Å². The number of hydrogen-bond donors (Lipinski definition) is 1. The molecule has 3 unspecified atom stereocenters. The summed E-state index contributed by atoms with van der Waals surface area (Å²) in [5, 5.41) is 0.793. The van der Waals surface area contributed by atoms with Gasteiger partial charge in [0.15, 0.2) is 0 Å². The van der Waals surface area contributed by atoms with Gasteiger partial charge in [0.2, 0.25) is 0 Å². The van der Waals surface area contributed by atoms with Gasteiger partial charge in [-0.2, -0.15) is 18.2 Å². The second-order valence-corrected chi connectivity index (χ2v) is 8.52. The molecule has 7 rings (SSSR count). The Balaban J connectivity index is 1.23. The highest BCUT2D eigenvalue weighted by Crippen LogP contribution is 2.91. The zero-order valence-electron chi connectivity index (χ0n) is 14.4. The first-order valence-electron chi connectivity index (χ1n) is 9.29. The Kier molecular flexibility index (Phi) is 2.72. The van der Waals surface area contributed by atoms with E-state index in [1.807, 2.05) is 0 Å². The zero-order valence-corrected chi connectivity index (χ0v) is 14.4. The second kappa shape index (κ2) is 4.67. The molecular formula is C20H15F3N2O3. The highest BCUT2D eigenvalue weighted by Gasteiger charge is 2.88. The van der Waals surface area contributed by atoms with Crippen molar-refractivity contribution in [1.82, 2.24) is 10.4 Å². The summed E-state index contributed by atoms with van der Waals surface area (Å²) in [6.45, 7) is 0. The van der Waals surface area contributed by atoms with Crippen LogP contribution in [0.4, 0.5) is 13.2 Å². The lowest BCUT2D eigenvalue weighted by atomic mass is 9.58. The molecule has 0 aromatic heterocycles. The number of halogens is 3. The first kappa shape index (κ1) is 16.3. The highest BCUT2D eigenvalue weighted by molar-refractivity contribution is 6.08. The minimum Gasteiger partial charge on any atom is -0.272 e. The van der Waals surface area contributed by atoms with E-state index in [2.05, 4.69) is 17.6 Å². The van der Waals surface area contributed by atoms with E-state index in [1.54, 1.807) is 0 Å². The third-order valence-corrected chi connectivity index (χ3v) is 7.51. The summed E-state index contributed by atoms with van der Waals surface area (Å²) in [4.78, 5) is 38.2. The third kappa shape index (κ3) is 1.76. The molecule has 1 heterocycles. The lowest BCUT2D eigenvalue weighted by molar-refractivity contribution is -0.143. The Bertz CT molecular complexity index is 985. The molecule has 3 saturated carbocycles. The predicted molar refractivity (Wildman–Crippen MR) is 87.9 cm³/mol. The molecule has 4 fully saturated rings. The molecule has 28 heavy (non-hydrogen) atoms. The normalized spacial score (nSPS) is 41.5. The van der Waals surface area contributed by atoms with Gasteiger partial charge in [0.25, 0.3) is 17.7 Å². The van der Waals surface area contributed by atoms with Crippen molar-refractivity contribution in [2.75, 3.05) is 0 Å². The Labute approximate surface area is 157 Å². The first-order chi connectivity index (χ1) is 13.2. The minimum atomic E-state index is -4.50. The fourth-order valence-corrected chi connectivity index (χ4v) is 6.16. The van der Waals surface area contributed by atoms with Crippen LogP contribution in [-0.2, 0) is 15.8 Å². The number of hydrazine groups is 1. The molecule has 1 N–H and O–H groups in total. The molecule has 5 aliphatic carbocycles. The number of imide groups is 1. The zero-order chi connectivity index (χ0) is 19.6. The molecule has 0 radical (unpaired) electrons. The molecule has 2 bridgehead atoms. The standard InChI is InChI=1S/C20H15F3N2O3/c21-20(22,23)9-3-1-8(2-4-9)16(26)24-25-17(27)13-10-5-6-11(14(13)18(25)28)19-7-12(19)15(10)19/h1-6,10-15H,7H2,(H,24,26)/t10?,11?,12-,13+,14-,15?,19-/m1/s1. The fraction of sp³-hybridized carbons (Fsp3) is 0.450. The van der Waals surface area contributed by atoms with Crippen molar-refractivity contribution in [1.29, 1.82) is 0 Å². The summed E-state index contributed by atoms with van der Waals surface area (Å²) in [5.41, 5.74) is 1.61. The van der Waals surface area contributed by atoms with Crippen LogP contribution in [0.3, 0.4) is 0 Å². The molecule has 1 saturated heterocycles. The van der Waals surface area contributed by atoms with E-state index in [1.165, 1.54) is 0 Å². The van der Waals surface area contributed by atoms with E-state index in [-0.39, 0.29) is 22.8 Å². The monoisotopic (exact) mass is 388 g/mol. The van der Waals surface area contributed by atoms with Gasteiger partial charge in [-0.15, -0.1) is 0 Å². The van der Waals surface area contributed by atoms with Crippen molar-refractivity contribution in [3.8, 4) is 0 Å². The minimum absolute atomic E-state index is 0.0479. The molecule has 1 spiro atoms. The number of amides is 3. The second-order valence-electron chi connectivity index (χ2n) is 8.52. The molecule has 6 aliphatic rings. The maximum Gasteiger partial charge on any atom is 0.416 e. The first-order valence-corrected chi connectivity index (χ1v) is 9.29. The number of carbonyl (C=O) groups is 3. The van der Waals surface area contributed by atoms with Crippen molar-refractivity contribution >= 4 is 17.7 Å². The summed E-state index contributed by atoms with van der Waals surface area (Å²) in [5.74, 6) is -1.21. The van der Waals surface area contributed by atoms with E-state index >= 15 is 0 Å². The molecule has 3 amide bonds. The van der Waals surface area contributed by atoms with E-state index in [9.17, 15) is 27.6 Å². The Morgan fingerprint density at radius 2 is 1.75 bits per heavy atom. The van der Waals surface area contributed by atoms with Crippen LogP contribution in [0.2, 0.25) is 0 Å². The van der Waals surface area contributed by atoms with Gasteiger partial charge in [-0.25, -0.2) is 0 Å². The number of rotatable bonds is 2. The van der Waals surface area contributed by atoms with Crippen LogP contribution in [0.25, 0.3) is 0 Å². The molecule has 5 nitrogen and oxygen atoms in total. The van der Waals surface area contributed by atoms with Gasteiger partial charge in [-0.3, -0.25) is 19.8 Å². The van der Waals surface area contributed by atoms with Gasteiger partial charge in [-0.1, -0.05) is 12.2 Å². The Hall–Kier alpha value is -2.64. The third-order valence-electron chi connectivity index (χ3n) is 7.51. The SMILES string of the molecule is O=C(NN1C(=O)[C@@H]2C3C=CC(C4[C@H]5C[C@]345)[C@@H]2C1=O)c1ccc(C(F)(F)F)cc1. The highest BCUT2D eigenvalue weighted by atomic mass is 19.4. The summed E-state index contributed by atoms with van der Waals surface area (Å²) in [6, 6.07) is 3.66. The maximum absolute atomic E-state index is 12.9. The Morgan fingerprint density at radius 3 is 2.39 bits per heavy atom. The van der Waals surface area contributed by atoms with Crippen molar-refractivity contribution < 1.29 is 27.6 Å². The molecular weight excluding hydrogens is 373 g/mol. The van der Waals surface area contributed by atoms with Crippen molar-refractivity contribution in [2.45, 2.75) is 12.6 Å². The van der Waals surface area contributed by atoms with Gasteiger partial charge in [-0.05, 0) is 59.8 Å². The van der Waals surface area contributed by atoms with Gasteiger partial charge in [0.1, 0.15) is 0 Å². The lowest BCUT2D eigenvalue weighted by Gasteiger charge is -2.42. The van der Waals surface area contributed by atoms with Crippen LogP contribution in [0.1, 0.15) is 22.3 Å². The average molecular weight is 388 g/mol. The van der Waals surface area contributed by atoms with Crippen molar-refractivity contribution in [3.05, 3.63) is 47.5 Å². The topological polar surface area (TPSA) is 66.5 Å². The maximum atomic E-state index is 12.9. The van der Waals surface area contributed by atoms with Gasteiger partial charge >= 0.3 is 6.18 Å². The van der Waals surface area contributed by atoms with Gasteiger partial charge < -0.3 is 0 Å². The number of alkyl halides is 3. The summed E-state index contributed by atoms with van der Waals surface area (Å²) in [7, 11) is 0. The number of benzene rings is 1. The van der Waals surface area contributed by atoms with Crippen molar-refractivity contribution in [3.63, 3.8) is 0 Å². The summed E-state index contributed by atoms with van der Waals surface area (Å²) in [6.07, 6.45) is 0.743. The van der Waals surface area contributed by atoms with Crippen LogP contribution >= 0.6 is 0 Å². The van der Waals surface area contributed by atoms with Crippen LogP contribution in [0.15, 0.2) is 36.4 Å². The fourth-order valence-electron chi connectivity index (χ4n) is 6.16. The van der Waals surface area contributed by atoms with Crippen molar-refractivity contribution in [2.24, 2.45) is 40.9 Å². The molecule has 8 heteroatoms. The van der Waals surface area contributed by atoms with E-state index in [0.717, 1.165) is 35.7 Å². The number of nitrogens with one attached hydrogen (secondary N) is 1. The number of hydrogen-bond acceptors (Lipinski definition) is 3. The van der Waals surface area contributed by atoms with Crippen LogP contribution in [0, 0.1) is 40.9 Å². The number of carbonyl (C=O) groups excluding carboxylic acids is 3.